The molecule has 2 rings (SSSR count). The van der Waals surface area contributed by atoms with Gasteiger partial charge in [0.05, 0.1) is 12.0 Å². The highest BCUT2D eigenvalue weighted by Gasteiger charge is 2.46. The summed E-state index contributed by atoms with van der Waals surface area (Å²) in [6.07, 6.45) is 2.03. The summed E-state index contributed by atoms with van der Waals surface area (Å²) >= 11 is 0. The number of hydrogen-bond donors (Lipinski definition) is 1. The standard InChI is InChI=1S/C13H15FO3/c1-2-17-11-5-4-9(8-10(11)14)13(12(15)16)6-3-7-13/h4-5,8H,2-3,6-7H2,1H3,(H,15,16). The Morgan fingerprint density at radius 3 is 2.65 bits per heavy atom. The average Bonchev–Trinajstić information content (AvgIpc) is 2.20. The van der Waals surface area contributed by atoms with Gasteiger partial charge < -0.3 is 9.84 Å². The molecule has 1 aromatic carbocycles. The van der Waals surface area contributed by atoms with Crippen molar-refractivity contribution < 1.29 is 19.0 Å². The van der Waals surface area contributed by atoms with Gasteiger partial charge in [0.25, 0.3) is 0 Å². The van der Waals surface area contributed by atoms with E-state index in [1.807, 2.05) is 0 Å². The van der Waals surface area contributed by atoms with Gasteiger partial charge in [0, 0.05) is 0 Å². The first-order valence-electron chi connectivity index (χ1n) is 5.76. The van der Waals surface area contributed by atoms with Crippen molar-refractivity contribution in [2.45, 2.75) is 31.6 Å². The normalized spacial score (nSPS) is 17.3. The molecule has 0 heterocycles. The maximum Gasteiger partial charge on any atom is 0.314 e. The van der Waals surface area contributed by atoms with Gasteiger partial charge in [-0.1, -0.05) is 12.5 Å². The van der Waals surface area contributed by atoms with E-state index < -0.39 is 17.2 Å². The quantitative estimate of drug-likeness (QED) is 0.877. The fraction of sp³-hybridized carbons (Fsp3) is 0.462. The number of carboxylic acid groups (broad SMARTS) is 1. The van der Waals surface area contributed by atoms with Crippen LogP contribution in [0.25, 0.3) is 0 Å². The topological polar surface area (TPSA) is 46.5 Å². The van der Waals surface area contributed by atoms with Crippen molar-refractivity contribution in [2.75, 3.05) is 6.61 Å². The zero-order valence-electron chi connectivity index (χ0n) is 9.70. The Bertz CT molecular complexity index is 438. The van der Waals surface area contributed by atoms with E-state index in [4.69, 9.17) is 4.74 Å². The summed E-state index contributed by atoms with van der Waals surface area (Å²) < 4.78 is 18.8. The number of aliphatic carboxylic acids is 1. The lowest BCUT2D eigenvalue weighted by Crippen LogP contribution is -2.42. The Kier molecular flexibility index (Phi) is 3.05. The Morgan fingerprint density at radius 1 is 1.53 bits per heavy atom. The molecule has 1 saturated carbocycles. The highest BCUT2D eigenvalue weighted by Crippen LogP contribution is 2.44. The van der Waals surface area contributed by atoms with Crippen LogP contribution < -0.4 is 4.74 Å². The SMILES string of the molecule is CCOc1ccc(C2(C(=O)O)CCC2)cc1F. The predicted octanol–water partition coefficient (Wildman–Crippen LogP) is 2.73. The lowest BCUT2D eigenvalue weighted by molar-refractivity contribution is -0.147. The zero-order chi connectivity index (χ0) is 12.5. The van der Waals surface area contributed by atoms with Crippen LogP contribution in [0.3, 0.4) is 0 Å². The molecule has 1 N–H and O–H groups in total. The molecule has 17 heavy (non-hydrogen) atoms. The van der Waals surface area contributed by atoms with Gasteiger partial charge in [0.1, 0.15) is 0 Å². The molecule has 0 unspecified atom stereocenters. The molecule has 0 amide bonds. The van der Waals surface area contributed by atoms with E-state index >= 15 is 0 Å². The smallest absolute Gasteiger partial charge is 0.314 e. The summed E-state index contributed by atoms with van der Waals surface area (Å²) in [7, 11) is 0. The van der Waals surface area contributed by atoms with E-state index in [9.17, 15) is 14.3 Å². The lowest BCUT2D eigenvalue weighted by Gasteiger charge is -2.38. The maximum atomic E-state index is 13.7. The molecular weight excluding hydrogens is 223 g/mol. The van der Waals surface area contributed by atoms with Gasteiger partial charge >= 0.3 is 5.97 Å². The molecule has 1 aliphatic carbocycles. The third kappa shape index (κ3) is 1.88. The van der Waals surface area contributed by atoms with Gasteiger partial charge in [0.2, 0.25) is 0 Å². The van der Waals surface area contributed by atoms with Crippen LogP contribution in [-0.4, -0.2) is 17.7 Å². The molecule has 0 aromatic heterocycles. The second kappa shape index (κ2) is 4.35. The Hall–Kier alpha value is -1.58. The minimum atomic E-state index is -0.883. The Labute approximate surface area is 99.2 Å². The number of carboxylic acids is 1. The zero-order valence-corrected chi connectivity index (χ0v) is 9.70. The van der Waals surface area contributed by atoms with Crippen molar-refractivity contribution in [1.82, 2.24) is 0 Å². The Morgan fingerprint density at radius 2 is 2.24 bits per heavy atom. The molecule has 0 radical (unpaired) electrons. The monoisotopic (exact) mass is 238 g/mol. The highest BCUT2D eigenvalue weighted by atomic mass is 19.1. The number of ether oxygens (including phenoxy) is 1. The molecule has 0 bridgehead atoms. The van der Waals surface area contributed by atoms with Gasteiger partial charge in [-0.05, 0) is 37.5 Å². The first-order chi connectivity index (χ1) is 8.10. The van der Waals surface area contributed by atoms with E-state index in [0.29, 0.717) is 25.0 Å². The van der Waals surface area contributed by atoms with Crippen molar-refractivity contribution in [3.63, 3.8) is 0 Å². The minimum absolute atomic E-state index is 0.177. The van der Waals surface area contributed by atoms with E-state index in [-0.39, 0.29) is 5.75 Å². The predicted molar refractivity (Wildman–Crippen MR) is 60.7 cm³/mol. The van der Waals surface area contributed by atoms with Gasteiger partial charge in [0.15, 0.2) is 11.6 Å². The summed E-state index contributed by atoms with van der Waals surface area (Å²) in [6, 6.07) is 4.46. The van der Waals surface area contributed by atoms with Crippen molar-refractivity contribution in [3.05, 3.63) is 29.6 Å². The van der Waals surface area contributed by atoms with E-state index in [2.05, 4.69) is 0 Å². The maximum absolute atomic E-state index is 13.7. The minimum Gasteiger partial charge on any atom is -0.491 e. The average molecular weight is 238 g/mol. The number of hydrogen-bond acceptors (Lipinski definition) is 2. The van der Waals surface area contributed by atoms with Crippen LogP contribution in [-0.2, 0) is 10.2 Å². The van der Waals surface area contributed by atoms with Gasteiger partial charge in [-0.2, -0.15) is 0 Å². The molecule has 3 nitrogen and oxygen atoms in total. The lowest BCUT2D eigenvalue weighted by atomic mass is 9.64. The summed E-state index contributed by atoms with van der Waals surface area (Å²) in [5, 5.41) is 9.25. The van der Waals surface area contributed by atoms with Crippen LogP contribution in [0.4, 0.5) is 4.39 Å². The summed E-state index contributed by atoms with van der Waals surface area (Å²) in [5.74, 6) is -1.18. The van der Waals surface area contributed by atoms with Gasteiger partial charge in [-0.15, -0.1) is 0 Å². The van der Waals surface area contributed by atoms with Crippen molar-refractivity contribution in [3.8, 4) is 5.75 Å². The molecule has 0 spiro atoms. The van der Waals surface area contributed by atoms with E-state index in [1.165, 1.54) is 12.1 Å². The first-order valence-corrected chi connectivity index (χ1v) is 5.76. The summed E-state index contributed by atoms with van der Waals surface area (Å²) in [6.45, 7) is 2.17. The molecule has 0 atom stereocenters. The van der Waals surface area contributed by atoms with Crippen molar-refractivity contribution >= 4 is 5.97 Å². The molecule has 4 heteroatoms. The van der Waals surface area contributed by atoms with Crippen LogP contribution >= 0.6 is 0 Å². The van der Waals surface area contributed by atoms with Crippen molar-refractivity contribution in [2.24, 2.45) is 0 Å². The summed E-state index contributed by atoms with van der Waals surface area (Å²) in [5.41, 5.74) is -0.344. The van der Waals surface area contributed by atoms with Crippen LogP contribution in [0, 0.1) is 5.82 Å². The largest absolute Gasteiger partial charge is 0.491 e. The highest BCUT2D eigenvalue weighted by molar-refractivity contribution is 5.82. The number of carbonyl (C=O) groups is 1. The second-order valence-corrected chi connectivity index (χ2v) is 4.32. The molecule has 1 aliphatic rings. The van der Waals surface area contributed by atoms with Crippen LogP contribution in [0.1, 0.15) is 31.7 Å². The van der Waals surface area contributed by atoms with E-state index in [1.54, 1.807) is 13.0 Å². The fourth-order valence-corrected chi connectivity index (χ4v) is 2.23. The third-order valence-electron chi connectivity index (χ3n) is 3.40. The molecule has 0 saturated heterocycles. The van der Waals surface area contributed by atoms with Gasteiger partial charge in [-0.3, -0.25) is 4.79 Å². The Balaban J connectivity index is 2.34. The number of halogens is 1. The third-order valence-corrected chi connectivity index (χ3v) is 3.40. The number of benzene rings is 1. The molecule has 1 aromatic rings. The van der Waals surface area contributed by atoms with Crippen molar-refractivity contribution in [1.29, 1.82) is 0 Å². The first kappa shape index (κ1) is 11.9. The number of rotatable bonds is 4. The molecular formula is C13H15FO3. The van der Waals surface area contributed by atoms with Crippen LogP contribution in [0.2, 0.25) is 0 Å². The van der Waals surface area contributed by atoms with E-state index in [0.717, 1.165) is 6.42 Å². The van der Waals surface area contributed by atoms with Crippen LogP contribution in [0.5, 0.6) is 5.75 Å². The fourth-order valence-electron chi connectivity index (χ4n) is 2.23. The van der Waals surface area contributed by atoms with Crippen LogP contribution in [0.15, 0.2) is 18.2 Å². The molecule has 92 valence electrons. The van der Waals surface area contributed by atoms with Gasteiger partial charge in [-0.25, -0.2) is 4.39 Å². The summed E-state index contributed by atoms with van der Waals surface area (Å²) in [4.78, 5) is 11.3. The second-order valence-electron chi connectivity index (χ2n) is 4.32. The molecule has 1 fully saturated rings. The molecule has 0 aliphatic heterocycles.